The first-order chi connectivity index (χ1) is 14.9. The number of rotatable bonds is 6. The number of likely N-dealkylation sites (tertiary alicyclic amines) is 1. The van der Waals surface area contributed by atoms with Gasteiger partial charge < -0.3 is 20.4 Å². The van der Waals surface area contributed by atoms with Gasteiger partial charge in [-0.3, -0.25) is 4.79 Å². The van der Waals surface area contributed by atoms with Crippen molar-refractivity contribution in [1.82, 2.24) is 14.7 Å². The normalized spacial score (nSPS) is 20.0. The highest BCUT2D eigenvalue weighted by atomic mass is 19.4. The van der Waals surface area contributed by atoms with E-state index < -0.39 is 43.0 Å². The molecule has 1 amide bonds. The average molecular weight is 462 g/mol. The fourth-order valence-corrected chi connectivity index (χ4v) is 3.76. The highest BCUT2D eigenvalue weighted by molar-refractivity contribution is 5.95. The van der Waals surface area contributed by atoms with Crippen molar-refractivity contribution in [3.05, 3.63) is 58.8 Å². The predicted octanol–water partition coefficient (Wildman–Crippen LogP) is 3.86. The van der Waals surface area contributed by atoms with E-state index in [-0.39, 0.29) is 22.5 Å². The van der Waals surface area contributed by atoms with Gasteiger partial charge in [-0.05, 0) is 37.1 Å². The van der Waals surface area contributed by atoms with Gasteiger partial charge in [0.05, 0.1) is 29.5 Å². The zero-order valence-corrected chi connectivity index (χ0v) is 17.5. The summed E-state index contributed by atoms with van der Waals surface area (Å²) in [6, 6.07) is 0.749. The molecule has 5 nitrogen and oxygen atoms in total. The molecule has 1 saturated heterocycles. The Kier molecular flexibility index (Phi) is 6.66. The first-order valence-corrected chi connectivity index (χ1v) is 10.0. The summed E-state index contributed by atoms with van der Waals surface area (Å²) in [5, 5.41) is 0. The lowest BCUT2D eigenvalue weighted by Gasteiger charge is -2.39. The van der Waals surface area contributed by atoms with Crippen LogP contribution < -0.4 is 5.73 Å². The molecule has 176 valence electrons. The molecule has 2 heterocycles. The van der Waals surface area contributed by atoms with Gasteiger partial charge in [0.2, 0.25) is 0 Å². The highest BCUT2D eigenvalue weighted by Crippen LogP contribution is 2.36. The molecule has 0 aromatic heterocycles. The number of nitrogens with zero attached hydrogens (tertiary/aromatic N) is 3. The Morgan fingerprint density at radius 1 is 1.28 bits per heavy atom. The van der Waals surface area contributed by atoms with Crippen molar-refractivity contribution < 1.29 is 31.1 Å². The third kappa shape index (κ3) is 4.66. The summed E-state index contributed by atoms with van der Waals surface area (Å²) in [6.45, 7) is 0.702. The van der Waals surface area contributed by atoms with Crippen molar-refractivity contribution in [2.75, 3.05) is 26.7 Å². The summed E-state index contributed by atoms with van der Waals surface area (Å²) in [4.78, 5) is 15.9. The highest BCUT2D eigenvalue weighted by Gasteiger charge is 2.43. The molecular weight excluding hydrogens is 438 g/mol. The fraction of sp³-hybridized carbons (Fsp3) is 0.476. The number of benzene rings is 1. The number of hydrogen-bond donors (Lipinski definition) is 1. The van der Waals surface area contributed by atoms with Crippen LogP contribution in [0.2, 0.25) is 0 Å². The Morgan fingerprint density at radius 3 is 2.44 bits per heavy atom. The van der Waals surface area contributed by atoms with Crippen LogP contribution in [0.15, 0.2) is 41.9 Å². The lowest BCUT2D eigenvalue weighted by atomic mass is 9.96. The van der Waals surface area contributed by atoms with Gasteiger partial charge in [-0.15, -0.1) is 0 Å². The molecule has 32 heavy (non-hydrogen) atoms. The third-order valence-corrected chi connectivity index (χ3v) is 5.73. The van der Waals surface area contributed by atoms with E-state index in [1.807, 2.05) is 0 Å². The van der Waals surface area contributed by atoms with Crippen LogP contribution in [0.25, 0.3) is 0 Å². The summed E-state index contributed by atoms with van der Waals surface area (Å²) in [6.07, 6.45) is -4.32. The van der Waals surface area contributed by atoms with Crippen molar-refractivity contribution in [2.24, 2.45) is 5.73 Å². The van der Waals surface area contributed by atoms with Gasteiger partial charge in [0, 0.05) is 26.3 Å². The summed E-state index contributed by atoms with van der Waals surface area (Å²) >= 11 is 0. The molecule has 0 radical (unpaired) electrons. The van der Waals surface area contributed by atoms with Crippen LogP contribution in [0.3, 0.4) is 0 Å². The van der Waals surface area contributed by atoms with Crippen molar-refractivity contribution in [1.29, 1.82) is 0 Å². The van der Waals surface area contributed by atoms with Crippen LogP contribution >= 0.6 is 0 Å². The number of nitrogens with two attached hydrogens (primary N) is 1. The average Bonchev–Trinajstić information content (AvgIpc) is 2.64. The number of carbonyl (C=O) groups excluding carboxylic acids is 1. The maximum absolute atomic E-state index is 14.7. The molecule has 11 heteroatoms. The number of carbonyl (C=O) groups is 1. The largest absolute Gasteiger partial charge is 0.408 e. The molecule has 2 atom stereocenters. The van der Waals surface area contributed by atoms with Gasteiger partial charge in [0.15, 0.2) is 0 Å². The SMILES string of the molecule is CC(N(CC(F)F)C1=C(N)C(c2ccc(C(=O)N3CCC3)c(F)c2)N(C)C=C1)C(F)(F)F. The van der Waals surface area contributed by atoms with Crippen LogP contribution in [0, 0.1) is 5.82 Å². The van der Waals surface area contributed by atoms with E-state index in [1.54, 1.807) is 7.05 Å². The van der Waals surface area contributed by atoms with E-state index in [9.17, 15) is 31.1 Å². The molecule has 0 spiro atoms. The molecule has 2 unspecified atom stereocenters. The Labute approximate surface area is 181 Å². The standard InChI is InChI=1S/C21H24F6N4O/c1-12(21(25,26)27)31(11-17(23)24)16-6-9-29(2)19(18(16)28)13-4-5-14(15(22)10-13)20(32)30-7-3-8-30/h4-6,9-10,12,17,19H,3,7-8,11,28H2,1-2H3. The minimum Gasteiger partial charge on any atom is -0.398 e. The molecule has 2 N–H and O–H groups in total. The second kappa shape index (κ2) is 8.95. The molecule has 0 saturated carbocycles. The Hall–Kier alpha value is -2.85. The van der Waals surface area contributed by atoms with Gasteiger partial charge in [-0.2, -0.15) is 13.2 Å². The van der Waals surface area contributed by atoms with Gasteiger partial charge in [0.25, 0.3) is 12.3 Å². The first-order valence-electron chi connectivity index (χ1n) is 10.0. The van der Waals surface area contributed by atoms with E-state index in [2.05, 4.69) is 0 Å². The van der Waals surface area contributed by atoms with E-state index in [4.69, 9.17) is 5.73 Å². The number of allylic oxidation sites excluding steroid dienone is 1. The maximum Gasteiger partial charge on any atom is 0.408 e. The minimum atomic E-state index is -4.76. The molecule has 0 aliphatic carbocycles. The van der Waals surface area contributed by atoms with Gasteiger partial charge in [-0.1, -0.05) is 6.07 Å². The van der Waals surface area contributed by atoms with E-state index in [0.717, 1.165) is 19.4 Å². The smallest absolute Gasteiger partial charge is 0.398 e. The number of amides is 1. The summed E-state index contributed by atoms with van der Waals surface area (Å²) in [7, 11) is 1.58. The first kappa shape index (κ1) is 23.8. The van der Waals surface area contributed by atoms with Gasteiger partial charge in [0.1, 0.15) is 11.9 Å². The lowest BCUT2D eigenvalue weighted by Crippen LogP contribution is -2.47. The Morgan fingerprint density at radius 2 is 1.94 bits per heavy atom. The summed E-state index contributed by atoms with van der Waals surface area (Å²) < 4.78 is 80.9. The molecular formula is C21H24F6N4O. The quantitative estimate of drug-likeness (QED) is 0.653. The number of likely N-dealkylation sites (N-methyl/N-ethyl adjacent to an activating group) is 1. The van der Waals surface area contributed by atoms with Crippen molar-refractivity contribution in [3.8, 4) is 0 Å². The lowest BCUT2D eigenvalue weighted by molar-refractivity contribution is -0.176. The Bertz CT molecular complexity index is 925. The summed E-state index contributed by atoms with van der Waals surface area (Å²) in [5.74, 6) is -1.23. The third-order valence-electron chi connectivity index (χ3n) is 5.73. The van der Waals surface area contributed by atoms with Gasteiger partial charge >= 0.3 is 6.18 Å². The monoisotopic (exact) mass is 462 g/mol. The van der Waals surface area contributed by atoms with Crippen molar-refractivity contribution in [3.63, 3.8) is 0 Å². The minimum absolute atomic E-state index is 0.116. The zero-order chi connectivity index (χ0) is 23.8. The van der Waals surface area contributed by atoms with Crippen molar-refractivity contribution in [2.45, 2.75) is 38.0 Å². The fourth-order valence-electron chi connectivity index (χ4n) is 3.76. The molecule has 3 rings (SSSR count). The van der Waals surface area contributed by atoms with Crippen LogP contribution in [-0.4, -0.2) is 65.9 Å². The van der Waals surface area contributed by atoms with E-state index >= 15 is 0 Å². The van der Waals surface area contributed by atoms with Crippen LogP contribution in [-0.2, 0) is 0 Å². The predicted molar refractivity (Wildman–Crippen MR) is 106 cm³/mol. The summed E-state index contributed by atoms with van der Waals surface area (Å²) in [5.41, 5.74) is 5.99. The topological polar surface area (TPSA) is 52.8 Å². The molecule has 2 aliphatic heterocycles. The van der Waals surface area contributed by atoms with E-state index in [1.165, 1.54) is 34.2 Å². The molecule has 2 aliphatic rings. The Balaban J connectivity index is 1.98. The van der Waals surface area contributed by atoms with Crippen LogP contribution in [0.5, 0.6) is 0 Å². The van der Waals surface area contributed by atoms with Crippen molar-refractivity contribution >= 4 is 5.91 Å². The zero-order valence-electron chi connectivity index (χ0n) is 17.5. The van der Waals surface area contributed by atoms with Crippen LogP contribution in [0.1, 0.15) is 35.3 Å². The number of halogens is 6. The molecule has 1 aromatic carbocycles. The molecule has 1 aromatic rings. The van der Waals surface area contributed by atoms with E-state index in [0.29, 0.717) is 18.0 Å². The second-order valence-corrected chi connectivity index (χ2v) is 7.87. The molecule has 0 bridgehead atoms. The molecule has 1 fully saturated rings. The maximum atomic E-state index is 14.7. The number of hydrogen-bond acceptors (Lipinski definition) is 4. The second-order valence-electron chi connectivity index (χ2n) is 7.87. The van der Waals surface area contributed by atoms with Crippen LogP contribution in [0.4, 0.5) is 26.3 Å². The number of alkyl halides is 5. The van der Waals surface area contributed by atoms with Gasteiger partial charge in [-0.25, -0.2) is 13.2 Å².